The topological polar surface area (TPSA) is 78.1 Å². The molecule has 1 atom stereocenters. The van der Waals surface area contributed by atoms with Crippen LogP contribution in [-0.2, 0) is 17.1 Å². The third-order valence-corrected chi connectivity index (χ3v) is 6.19. The highest BCUT2D eigenvalue weighted by Gasteiger charge is 2.29. The number of nitrogens with one attached hydrogen (secondary N) is 2. The van der Waals surface area contributed by atoms with Gasteiger partial charge in [0.25, 0.3) is 5.56 Å². The predicted octanol–water partition coefficient (Wildman–Crippen LogP) is 4.67. The fourth-order valence-corrected chi connectivity index (χ4v) is 4.74. The van der Waals surface area contributed by atoms with E-state index in [4.69, 9.17) is 34.8 Å². The minimum atomic E-state index is -0.652. The van der Waals surface area contributed by atoms with Crippen LogP contribution in [0.15, 0.2) is 29.1 Å². The Morgan fingerprint density at radius 1 is 1.32 bits per heavy atom. The van der Waals surface area contributed by atoms with E-state index in [-0.39, 0.29) is 41.3 Å². The van der Waals surface area contributed by atoms with Crippen molar-refractivity contribution in [2.45, 2.75) is 25.3 Å². The van der Waals surface area contributed by atoms with Crippen LogP contribution in [0.5, 0.6) is 0 Å². The summed E-state index contributed by atoms with van der Waals surface area (Å²) in [5.41, 5.74) is 1.79. The van der Waals surface area contributed by atoms with E-state index in [2.05, 4.69) is 15.3 Å². The number of nitrogens with zero attached hydrogens (tertiary/aromatic N) is 2. The van der Waals surface area contributed by atoms with Gasteiger partial charge in [0.05, 0.1) is 35.1 Å². The third-order valence-electron chi connectivity index (χ3n) is 5.41. The lowest BCUT2D eigenvalue weighted by Crippen LogP contribution is -2.42. The summed E-state index contributed by atoms with van der Waals surface area (Å²) in [6.07, 6.45) is 0.629. The molecule has 3 aromatic rings. The zero-order valence-electron chi connectivity index (χ0n) is 16.4. The lowest BCUT2D eigenvalue weighted by atomic mass is 9.93. The van der Waals surface area contributed by atoms with E-state index in [9.17, 15) is 14.0 Å². The molecule has 0 fully saturated rings. The number of aromatic nitrogens is 2. The summed E-state index contributed by atoms with van der Waals surface area (Å²) in [6, 6.07) is 5.79. The number of anilines is 1. The minimum absolute atomic E-state index is 0.0197. The highest BCUT2D eigenvalue weighted by atomic mass is 35.5. The maximum Gasteiger partial charge on any atom is 0.258 e. The molecule has 31 heavy (non-hydrogen) atoms. The summed E-state index contributed by atoms with van der Waals surface area (Å²) in [4.78, 5) is 33.3. The number of benzene rings is 2. The van der Waals surface area contributed by atoms with Crippen molar-refractivity contribution in [2.75, 3.05) is 18.4 Å². The molecule has 1 aliphatic heterocycles. The Bertz CT molecular complexity index is 1250. The zero-order valence-corrected chi connectivity index (χ0v) is 18.7. The van der Waals surface area contributed by atoms with Crippen LogP contribution in [0, 0.1) is 5.82 Å². The molecule has 2 aromatic carbocycles. The number of aromatic amines is 1. The molecule has 0 spiro atoms. The first-order valence-electron chi connectivity index (χ1n) is 9.58. The van der Waals surface area contributed by atoms with Crippen molar-refractivity contribution in [3.63, 3.8) is 0 Å². The molecular weight excluding hydrogens is 466 g/mol. The van der Waals surface area contributed by atoms with E-state index < -0.39 is 11.4 Å². The summed E-state index contributed by atoms with van der Waals surface area (Å²) < 4.78 is 14.5. The van der Waals surface area contributed by atoms with Gasteiger partial charge in [-0.25, -0.2) is 9.37 Å². The summed E-state index contributed by atoms with van der Waals surface area (Å²) >= 11 is 18.2. The van der Waals surface area contributed by atoms with Crippen LogP contribution in [0.2, 0.25) is 10.0 Å². The Balaban J connectivity index is 1.54. The molecule has 10 heteroatoms. The Kier molecular flexibility index (Phi) is 6.10. The van der Waals surface area contributed by atoms with Gasteiger partial charge in [-0.2, -0.15) is 0 Å². The summed E-state index contributed by atoms with van der Waals surface area (Å²) in [5.74, 6) is -0.554. The molecule has 1 aromatic heterocycles. The van der Waals surface area contributed by atoms with Gasteiger partial charge in [0.15, 0.2) is 0 Å². The highest BCUT2D eigenvalue weighted by molar-refractivity contribution is 6.35. The second kappa shape index (κ2) is 8.65. The van der Waals surface area contributed by atoms with E-state index in [1.165, 1.54) is 6.07 Å². The van der Waals surface area contributed by atoms with Gasteiger partial charge in [-0.15, -0.1) is 11.6 Å². The molecule has 0 bridgehead atoms. The molecule has 1 aliphatic rings. The first kappa shape index (κ1) is 21.9. The summed E-state index contributed by atoms with van der Waals surface area (Å²) in [5, 5.41) is 4.02. The Morgan fingerprint density at radius 2 is 2.10 bits per heavy atom. The molecular formula is C21H18Cl3FN4O2. The van der Waals surface area contributed by atoms with Crippen molar-refractivity contribution in [1.82, 2.24) is 14.9 Å². The molecule has 0 radical (unpaired) electrons. The minimum Gasteiger partial charge on any atom is -0.374 e. The Hall–Kier alpha value is -2.35. The maximum absolute atomic E-state index is 14.5. The average molecular weight is 484 g/mol. The number of carbonyl (C=O) groups is 1. The maximum atomic E-state index is 14.5. The summed E-state index contributed by atoms with van der Waals surface area (Å²) in [7, 11) is 0. The number of carbonyl (C=O) groups excluding carboxylic acids is 1. The molecule has 1 unspecified atom stereocenters. The van der Waals surface area contributed by atoms with Gasteiger partial charge in [-0.1, -0.05) is 23.2 Å². The number of fused-ring (bicyclic) bond motifs is 2. The Labute approximate surface area is 192 Å². The smallest absolute Gasteiger partial charge is 0.258 e. The fraction of sp³-hybridized carbons (Fsp3) is 0.286. The zero-order chi connectivity index (χ0) is 22.3. The molecule has 2 heterocycles. The van der Waals surface area contributed by atoms with Crippen LogP contribution in [0.4, 0.5) is 10.1 Å². The molecule has 0 saturated heterocycles. The average Bonchev–Trinajstić information content (AvgIpc) is 2.72. The van der Waals surface area contributed by atoms with Crippen LogP contribution in [0.25, 0.3) is 10.9 Å². The van der Waals surface area contributed by atoms with Gasteiger partial charge >= 0.3 is 0 Å². The highest BCUT2D eigenvalue weighted by Crippen LogP contribution is 2.37. The molecule has 1 amide bonds. The van der Waals surface area contributed by atoms with Crippen LogP contribution < -0.4 is 10.9 Å². The molecule has 162 valence electrons. The lowest BCUT2D eigenvalue weighted by Gasteiger charge is -2.36. The van der Waals surface area contributed by atoms with Crippen molar-refractivity contribution in [1.29, 1.82) is 0 Å². The van der Waals surface area contributed by atoms with E-state index in [1.807, 2.05) is 13.0 Å². The van der Waals surface area contributed by atoms with E-state index in [1.54, 1.807) is 11.0 Å². The van der Waals surface area contributed by atoms with Gasteiger partial charge in [-0.05, 0) is 48.7 Å². The SMILES string of the molecule is CC1c2c(Cl)cc(Cl)cc2CCN1C(=O)CNc1cc2nc(CCl)[nH]c(=O)c2cc1F. The van der Waals surface area contributed by atoms with Gasteiger partial charge in [0.2, 0.25) is 5.91 Å². The number of alkyl halides is 1. The van der Waals surface area contributed by atoms with Crippen LogP contribution in [0.3, 0.4) is 0 Å². The molecule has 6 nitrogen and oxygen atoms in total. The molecule has 0 saturated carbocycles. The second-order valence-electron chi connectivity index (χ2n) is 7.32. The van der Waals surface area contributed by atoms with Crippen LogP contribution in [0.1, 0.15) is 29.9 Å². The van der Waals surface area contributed by atoms with Crippen molar-refractivity contribution in [2.24, 2.45) is 0 Å². The Morgan fingerprint density at radius 3 is 2.84 bits per heavy atom. The second-order valence-corrected chi connectivity index (χ2v) is 8.43. The normalized spacial score (nSPS) is 15.8. The predicted molar refractivity (Wildman–Crippen MR) is 121 cm³/mol. The lowest BCUT2D eigenvalue weighted by molar-refractivity contribution is -0.131. The van der Waals surface area contributed by atoms with Crippen LogP contribution in [-0.4, -0.2) is 33.9 Å². The largest absolute Gasteiger partial charge is 0.374 e. The van der Waals surface area contributed by atoms with Crippen molar-refractivity contribution in [3.8, 4) is 0 Å². The quantitative estimate of drug-likeness (QED) is 0.529. The van der Waals surface area contributed by atoms with Gasteiger partial charge in [-0.3, -0.25) is 9.59 Å². The molecule has 4 rings (SSSR count). The van der Waals surface area contributed by atoms with E-state index >= 15 is 0 Å². The van der Waals surface area contributed by atoms with Crippen molar-refractivity contribution >= 4 is 57.3 Å². The van der Waals surface area contributed by atoms with E-state index in [0.29, 0.717) is 28.5 Å². The number of H-pyrrole nitrogens is 1. The van der Waals surface area contributed by atoms with Crippen molar-refractivity contribution in [3.05, 3.63) is 67.4 Å². The first-order chi connectivity index (χ1) is 14.8. The number of rotatable bonds is 4. The first-order valence-corrected chi connectivity index (χ1v) is 10.9. The van der Waals surface area contributed by atoms with E-state index in [0.717, 1.165) is 17.2 Å². The van der Waals surface area contributed by atoms with Gasteiger partial charge < -0.3 is 15.2 Å². The molecule has 2 N–H and O–H groups in total. The van der Waals surface area contributed by atoms with Crippen LogP contribution >= 0.6 is 34.8 Å². The fourth-order valence-electron chi connectivity index (χ4n) is 3.92. The monoisotopic (exact) mass is 482 g/mol. The number of hydrogen-bond acceptors (Lipinski definition) is 4. The molecule has 0 aliphatic carbocycles. The van der Waals surface area contributed by atoms with Crippen molar-refractivity contribution < 1.29 is 9.18 Å². The number of amides is 1. The number of hydrogen-bond donors (Lipinski definition) is 2. The standard InChI is InChI=1S/C21H18Cl3FN4O2/c1-10-20-11(4-12(23)5-14(20)24)2-3-29(10)19(30)9-26-17-7-16-13(6-15(17)25)21(31)28-18(8-22)27-16/h4-7,10,26H,2-3,8-9H2,1H3,(H,27,28,31). The summed E-state index contributed by atoms with van der Waals surface area (Å²) in [6.45, 7) is 2.27. The number of halogens is 4. The van der Waals surface area contributed by atoms with Gasteiger partial charge in [0, 0.05) is 16.6 Å². The van der Waals surface area contributed by atoms with Gasteiger partial charge in [0.1, 0.15) is 11.6 Å². The third kappa shape index (κ3) is 4.22.